The minimum atomic E-state index is 0. The van der Waals surface area contributed by atoms with Gasteiger partial charge in [-0.2, -0.15) is 0 Å². The van der Waals surface area contributed by atoms with Crippen LogP contribution in [0, 0.1) is 0 Å². The van der Waals surface area contributed by atoms with Crippen LogP contribution in [-0.4, -0.2) is 5.66 Å². The molecule has 0 nitrogen and oxygen atoms in total. The third kappa shape index (κ3) is 6.16. The van der Waals surface area contributed by atoms with E-state index in [2.05, 4.69) is 9.24 Å². The molecule has 1 fully saturated rings. The molecule has 0 saturated heterocycles. The second kappa shape index (κ2) is 7.86. The van der Waals surface area contributed by atoms with E-state index in [1.807, 2.05) is 0 Å². The quantitative estimate of drug-likeness (QED) is 0.472. The Morgan fingerprint density at radius 1 is 0.889 bits per heavy atom. The average Bonchev–Trinajstić information content (AvgIpc) is 1.69. The Morgan fingerprint density at radius 3 is 1.56 bits per heavy atom. The van der Waals surface area contributed by atoms with Crippen LogP contribution >= 0.6 is 9.24 Å². The van der Waals surface area contributed by atoms with Gasteiger partial charge in [0.25, 0.3) is 0 Å². The predicted octanol–water partition coefficient (Wildman–Crippen LogP) is 2.19. The molecule has 1 aliphatic rings. The molecule has 9 heavy (non-hydrogen) atoms. The van der Waals surface area contributed by atoms with Gasteiger partial charge in [-0.05, 0) is 18.5 Å². The van der Waals surface area contributed by atoms with Gasteiger partial charge in [0.1, 0.15) is 0 Å². The van der Waals surface area contributed by atoms with Gasteiger partial charge in [0, 0.05) is 40.8 Å². The van der Waals surface area contributed by atoms with E-state index in [4.69, 9.17) is 0 Å². The summed E-state index contributed by atoms with van der Waals surface area (Å²) in [4.78, 5) is 0. The van der Waals surface area contributed by atoms with Gasteiger partial charge in [0.15, 0.2) is 0 Å². The molecule has 3 heteroatoms. The van der Waals surface area contributed by atoms with Crippen molar-refractivity contribution in [3.05, 3.63) is 0 Å². The maximum atomic E-state index is 2.91. The molecule has 0 radical (unpaired) electrons. The van der Waals surface area contributed by atoms with Crippen molar-refractivity contribution < 1.29 is 40.8 Å². The molecule has 0 aliphatic heterocycles. The van der Waals surface area contributed by atoms with Crippen molar-refractivity contribution >= 4 is 9.24 Å². The Hall–Kier alpha value is 1.75. The van der Waals surface area contributed by atoms with Crippen LogP contribution in [0.2, 0.25) is 0 Å². The molecule has 0 spiro atoms. The summed E-state index contributed by atoms with van der Waals surface area (Å²) in [6.07, 6.45) is 7.31. The minimum Gasteiger partial charge on any atom is -0.134 e. The monoisotopic (exact) mass is 328 g/mol. The van der Waals surface area contributed by atoms with E-state index in [0.29, 0.717) is 0 Å². The average molecular weight is 329 g/mol. The zero-order valence-electron chi connectivity index (χ0n) is 5.32. The molecule has 0 N–H and O–H groups in total. The van der Waals surface area contributed by atoms with Gasteiger partial charge in [-0.25, -0.2) is 0 Å². The molecule has 0 bridgehead atoms. The van der Waals surface area contributed by atoms with Crippen LogP contribution < -0.4 is 0 Å². The molecule has 1 saturated carbocycles. The van der Waals surface area contributed by atoms with Crippen molar-refractivity contribution in [1.29, 1.82) is 0 Å². The summed E-state index contributed by atoms with van der Waals surface area (Å²) in [5.41, 5.74) is 0.953. The normalized spacial score (nSPS) is 19.7. The summed E-state index contributed by atoms with van der Waals surface area (Å²) >= 11 is 0. The van der Waals surface area contributed by atoms with Crippen LogP contribution in [0.15, 0.2) is 0 Å². The summed E-state index contributed by atoms with van der Waals surface area (Å²) in [6.45, 7) is 0. The summed E-state index contributed by atoms with van der Waals surface area (Å²) in [5.74, 6) is 0. The Labute approximate surface area is 87.4 Å². The Kier molecular flexibility index (Phi) is 11.7. The maximum Gasteiger partial charge on any atom is 0 e. The van der Waals surface area contributed by atoms with Crippen LogP contribution in [0.25, 0.3) is 0 Å². The fraction of sp³-hybridized carbons (Fsp3) is 1.00. The van der Waals surface area contributed by atoms with Gasteiger partial charge < -0.3 is 0 Å². The number of hydrogen-bond acceptors (Lipinski definition) is 0. The minimum absolute atomic E-state index is 0. The molecule has 0 amide bonds. The molecule has 0 aromatic carbocycles. The summed E-state index contributed by atoms with van der Waals surface area (Å²) in [5, 5.41) is 0. The van der Waals surface area contributed by atoms with Gasteiger partial charge in [-0.1, -0.05) is 19.3 Å². The first-order valence-electron chi connectivity index (χ1n) is 3.15. The fourth-order valence-electron chi connectivity index (χ4n) is 1.13. The van der Waals surface area contributed by atoms with Crippen LogP contribution in [0.1, 0.15) is 32.1 Å². The van der Waals surface area contributed by atoms with E-state index in [9.17, 15) is 0 Å². The van der Waals surface area contributed by atoms with Crippen molar-refractivity contribution in [3.63, 3.8) is 0 Å². The smallest absolute Gasteiger partial charge is 0 e. The third-order valence-electron chi connectivity index (χ3n) is 1.65. The maximum absolute atomic E-state index is 2.91. The van der Waals surface area contributed by atoms with Crippen molar-refractivity contribution in [3.8, 4) is 0 Å². The topological polar surface area (TPSA) is 0 Å². The van der Waals surface area contributed by atoms with Gasteiger partial charge in [0.2, 0.25) is 0 Å². The second-order valence-corrected chi connectivity index (χ2v) is 3.34. The predicted molar refractivity (Wildman–Crippen MR) is 36.6 cm³/mol. The van der Waals surface area contributed by atoms with Crippen LogP contribution in [0.4, 0.5) is 0 Å². The molecule has 0 aromatic rings. The molecule has 0 aromatic heterocycles. The van der Waals surface area contributed by atoms with Gasteiger partial charge in [-0.15, -0.1) is 9.24 Å². The molecule has 1 aliphatic carbocycles. The van der Waals surface area contributed by atoms with Crippen molar-refractivity contribution in [2.24, 2.45) is 0 Å². The van der Waals surface area contributed by atoms with Crippen molar-refractivity contribution in [2.45, 2.75) is 37.8 Å². The first-order valence-corrected chi connectivity index (χ1v) is 3.82. The molecule has 62 valence electrons. The molecule has 0 heterocycles. The second-order valence-electron chi connectivity index (χ2n) is 2.40. The largest absolute Gasteiger partial charge is 0.134 e. The van der Waals surface area contributed by atoms with Crippen LogP contribution in [-0.2, 0) is 40.8 Å². The fourth-order valence-corrected chi connectivity index (χ4v) is 1.61. The molecule has 1 rings (SSSR count). The zero-order valence-corrected chi connectivity index (χ0v) is 9.59. The van der Waals surface area contributed by atoms with E-state index in [1.54, 1.807) is 0 Å². The summed E-state index contributed by atoms with van der Waals surface area (Å²) in [6, 6.07) is 0. The first-order chi connectivity index (χ1) is 3.39. The molecule has 1 atom stereocenters. The Balaban J connectivity index is 0. The Bertz CT molecular complexity index is 53.0. The summed E-state index contributed by atoms with van der Waals surface area (Å²) in [7, 11) is 2.91. The summed E-state index contributed by atoms with van der Waals surface area (Å²) < 4.78 is 0. The van der Waals surface area contributed by atoms with E-state index < -0.39 is 0 Å². The zero-order chi connectivity index (χ0) is 5.11. The Morgan fingerprint density at radius 2 is 1.33 bits per heavy atom. The van der Waals surface area contributed by atoms with E-state index in [-0.39, 0.29) is 40.8 Å². The van der Waals surface area contributed by atoms with E-state index in [0.717, 1.165) is 5.66 Å². The van der Waals surface area contributed by atoms with Crippen LogP contribution in [0.5, 0.6) is 0 Å². The standard InChI is InChI=1S/C6H13P.2Pd/c7-6-4-2-1-3-5-6;;/h6H,1-5,7H2;;. The SMILES string of the molecule is PC1CCCCC1.[Pd].[Pd]. The molecular weight excluding hydrogens is 316 g/mol. The van der Waals surface area contributed by atoms with Crippen molar-refractivity contribution in [1.82, 2.24) is 0 Å². The first kappa shape index (κ1) is 13.4. The van der Waals surface area contributed by atoms with Gasteiger partial charge in [-0.3, -0.25) is 0 Å². The van der Waals surface area contributed by atoms with Crippen molar-refractivity contribution in [2.75, 3.05) is 0 Å². The number of hydrogen-bond donors (Lipinski definition) is 0. The third-order valence-corrected chi connectivity index (χ3v) is 2.32. The van der Waals surface area contributed by atoms with Gasteiger partial charge >= 0.3 is 0 Å². The molecule has 1 unspecified atom stereocenters. The van der Waals surface area contributed by atoms with Gasteiger partial charge in [0.05, 0.1) is 0 Å². The number of rotatable bonds is 0. The van der Waals surface area contributed by atoms with Crippen LogP contribution in [0.3, 0.4) is 0 Å². The van der Waals surface area contributed by atoms with E-state index >= 15 is 0 Å². The van der Waals surface area contributed by atoms with E-state index in [1.165, 1.54) is 32.1 Å². The molecular formula is C6H13PPd2.